The molecule has 0 unspecified atom stereocenters. The standard InChI is InChI=1S/C16H26N4O4/c1-4-24-16(22)15-18-14(19-20-15)12(7-10(2)3)17-13(21)8-11-5-6-23-9-11/h10-12H,4-9H2,1-3H3,(H,17,21)(H,18,19,20)/t11-,12-/m0/s1. The Kier molecular flexibility index (Phi) is 6.72. The molecule has 24 heavy (non-hydrogen) atoms. The molecule has 1 amide bonds. The fourth-order valence-electron chi connectivity index (χ4n) is 2.69. The molecule has 2 N–H and O–H groups in total. The van der Waals surface area contributed by atoms with Crippen LogP contribution in [0.5, 0.6) is 0 Å². The van der Waals surface area contributed by atoms with Crippen molar-refractivity contribution in [3.05, 3.63) is 11.6 Å². The second-order valence-corrected chi connectivity index (χ2v) is 6.45. The summed E-state index contributed by atoms with van der Waals surface area (Å²) in [7, 11) is 0. The Balaban J connectivity index is 2.01. The van der Waals surface area contributed by atoms with Crippen LogP contribution in [0.25, 0.3) is 0 Å². The van der Waals surface area contributed by atoms with Crippen molar-refractivity contribution in [2.45, 2.75) is 46.1 Å². The van der Waals surface area contributed by atoms with Crippen LogP contribution in [0.1, 0.15) is 62.5 Å². The average Bonchev–Trinajstić information content (AvgIpc) is 3.17. The normalized spacial score (nSPS) is 18.6. The van der Waals surface area contributed by atoms with E-state index in [0.717, 1.165) is 13.0 Å². The summed E-state index contributed by atoms with van der Waals surface area (Å²) in [6.07, 6.45) is 2.05. The number of carbonyl (C=O) groups excluding carboxylic acids is 2. The number of carbonyl (C=O) groups is 2. The first-order valence-corrected chi connectivity index (χ1v) is 8.46. The molecule has 1 aliphatic heterocycles. The van der Waals surface area contributed by atoms with E-state index >= 15 is 0 Å². The van der Waals surface area contributed by atoms with Crippen LogP contribution in [0.3, 0.4) is 0 Å². The topological polar surface area (TPSA) is 106 Å². The van der Waals surface area contributed by atoms with Gasteiger partial charge in [0, 0.05) is 19.6 Å². The Hall–Kier alpha value is -1.96. The molecule has 1 fully saturated rings. The number of aromatic nitrogens is 3. The number of hydrogen-bond donors (Lipinski definition) is 2. The summed E-state index contributed by atoms with van der Waals surface area (Å²) >= 11 is 0. The van der Waals surface area contributed by atoms with Gasteiger partial charge in [0.2, 0.25) is 5.91 Å². The molecule has 0 radical (unpaired) electrons. The first kappa shape index (κ1) is 18.4. The van der Waals surface area contributed by atoms with Crippen LogP contribution in [0.15, 0.2) is 0 Å². The molecule has 8 nitrogen and oxygen atoms in total. The predicted molar refractivity (Wildman–Crippen MR) is 86.2 cm³/mol. The fraction of sp³-hybridized carbons (Fsp3) is 0.750. The highest BCUT2D eigenvalue weighted by atomic mass is 16.5. The third-order valence-electron chi connectivity index (χ3n) is 3.83. The molecule has 0 saturated carbocycles. The smallest absolute Gasteiger partial charge is 0.378 e. The number of esters is 1. The number of H-pyrrole nitrogens is 1. The molecule has 1 aromatic rings. The molecule has 0 aromatic carbocycles. The number of rotatable bonds is 8. The Morgan fingerprint density at radius 2 is 2.25 bits per heavy atom. The highest BCUT2D eigenvalue weighted by Crippen LogP contribution is 2.21. The first-order valence-electron chi connectivity index (χ1n) is 8.46. The highest BCUT2D eigenvalue weighted by molar-refractivity contribution is 5.85. The largest absolute Gasteiger partial charge is 0.460 e. The van der Waals surface area contributed by atoms with E-state index in [9.17, 15) is 9.59 Å². The summed E-state index contributed by atoms with van der Waals surface area (Å²) in [4.78, 5) is 28.2. The quantitative estimate of drug-likeness (QED) is 0.698. The number of nitrogens with zero attached hydrogens (tertiary/aromatic N) is 2. The van der Waals surface area contributed by atoms with E-state index in [1.54, 1.807) is 6.92 Å². The van der Waals surface area contributed by atoms with Crippen molar-refractivity contribution in [3.8, 4) is 0 Å². The molecule has 0 bridgehead atoms. The summed E-state index contributed by atoms with van der Waals surface area (Å²) < 4.78 is 10.2. The van der Waals surface area contributed by atoms with Crippen molar-refractivity contribution in [2.75, 3.05) is 19.8 Å². The van der Waals surface area contributed by atoms with Crippen LogP contribution in [-0.2, 0) is 14.3 Å². The van der Waals surface area contributed by atoms with Crippen LogP contribution >= 0.6 is 0 Å². The maximum Gasteiger partial charge on any atom is 0.378 e. The van der Waals surface area contributed by atoms with Crippen LogP contribution in [0.4, 0.5) is 0 Å². The minimum absolute atomic E-state index is 0.0148. The molecule has 2 heterocycles. The summed E-state index contributed by atoms with van der Waals surface area (Å²) in [5, 5.41) is 9.64. The van der Waals surface area contributed by atoms with Gasteiger partial charge in [-0.15, -0.1) is 5.10 Å². The second kappa shape index (κ2) is 8.77. The second-order valence-electron chi connectivity index (χ2n) is 6.45. The fourth-order valence-corrected chi connectivity index (χ4v) is 2.69. The third kappa shape index (κ3) is 5.30. The maximum atomic E-state index is 12.3. The third-order valence-corrected chi connectivity index (χ3v) is 3.83. The maximum absolute atomic E-state index is 12.3. The van der Waals surface area contributed by atoms with E-state index in [2.05, 4.69) is 34.3 Å². The lowest BCUT2D eigenvalue weighted by atomic mass is 10.0. The van der Waals surface area contributed by atoms with Gasteiger partial charge in [0.1, 0.15) is 5.82 Å². The molecule has 1 aromatic heterocycles. The first-order chi connectivity index (χ1) is 11.5. The zero-order valence-corrected chi connectivity index (χ0v) is 14.5. The predicted octanol–water partition coefficient (Wildman–Crippen LogP) is 1.61. The van der Waals surface area contributed by atoms with Gasteiger partial charge in [0.05, 0.1) is 12.6 Å². The lowest BCUT2D eigenvalue weighted by Crippen LogP contribution is -2.31. The van der Waals surface area contributed by atoms with E-state index in [1.165, 1.54) is 0 Å². The molecule has 1 aliphatic rings. The van der Waals surface area contributed by atoms with Crippen molar-refractivity contribution in [2.24, 2.45) is 11.8 Å². The Labute approximate surface area is 141 Å². The van der Waals surface area contributed by atoms with Gasteiger partial charge in [0.15, 0.2) is 0 Å². The summed E-state index contributed by atoms with van der Waals surface area (Å²) in [5.41, 5.74) is 0. The van der Waals surface area contributed by atoms with Gasteiger partial charge in [-0.1, -0.05) is 13.8 Å². The van der Waals surface area contributed by atoms with Crippen molar-refractivity contribution in [1.29, 1.82) is 0 Å². The van der Waals surface area contributed by atoms with Gasteiger partial charge in [0.25, 0.3) is 5.82 Å². The molecule has 2 atom stereocenters. The Bertz CT molecular complexity index is 552. The van der Waals surface area contributed by atoms with E-state index in [-0.39, 0.29) is 30.3 Å². The molecule has 134 valence electrons. The molecule has 1 saturated heterocycles. The van der Waals surface area contributed by atoms with E-state index in [0.29, 0.717) is 31.2 Å². The molecule has 8 heteroatoms. The minimum Gasteiger partial charge on any atom is -0.460 e. The Morgan fingerprint density at radius 1 is 1.46 bits per heavy atom. The van der Waals surface area contributed by atoms with E-state index in [4.69, 9.17) is 9.47 Å². The number of amides is 1. The van der Waals surface area contributed by atoms with Crippen LogP contribution < -0.4 is 5.32 Å². The van der Waals surface area contributed by atoms with Gasteiger partial charge in [-0.25, -0.2) is 9.78 Å². The zero-order chi connectivity index (χ0) is 17.5. The monoisotopic (exact) mass is 338 g/mol. The summed E-state index contributed by atoms with van der Waals surface area (Å²) in [6.45, 7) is 7.47. The molecule has 0 spiro atoms. The van der Waals surface area contributed by atoms with Crippen LogP contribution in [0.2, 0.25) is 0 Å². The summed E-state index contributed by atoms with van der Waals surface area (Å²) in [5.74, 6) is 0.473. The minimum atomic E-state index is -0.572. The number of nitrogens with one attached hydrogen (secondary N) is 2. The zero-order valence-electron chi connectivity index (χ0n) is 14.5. The van der Waals surface area contributed by atoms with Crippen LogP contribution in [-0.4, -0.2) is 46.9 Å². The van der Waals surface area contributed by atoms with Crippen molar-refractivity contribution in [1.82, 2.24) is 20.5 Å². The molecular formula is C16H26N4O4. The van der Waals surface area contributed by atoms with Crippen molar-refractivity contribution in [3.63, 3.8) is 0 Å². The molecule has 2 rings (SSSR count). The lowest BCUT2D eigenvalue weighted by molar-refractivity contribution is -0.123. The SMILES string of the molecule is CCOC(=O)c1n[nH]c([C@H](CC(C)C)NC(=O)C[C@@H]2CCOC2)n1. The lowest BCUT2D eigenvalue weighted by Gasteiger charge is -2.19. The van der Waals surface area contributed by atoms with Crippen LogP contribution in [0, 0.1) is 11.8 Å². The van der Waals surface area contributed by atoms with E-state index < -0.39 is 5.97 Å². The van der Waals surface area contributed by atoms with Gasteiger partial charge < -0.3 is 14.8 Å². The van der Waals surface area contributed by atoms with E-state index in [1.807, 2.05) is 0 Å². The van der Waals surface area contributed by atoms with Crippen molar-refractivity contribution >= 4 is 11.9 Å². The molecular weight excluding hydrogens is 312 g/mol. The molecule has 0 aliphatic carbocycles. The van der Waals surface area contributed by atoms with Gasteiger partial charge in [-0.3, -0.25) is 9.89 Å². The number of ether oxygens (including phenoxy) is 2. The van der Waals surface area contributed by atoms with Gasteiger partial charge in [-0.05, 0) is 31.6 Å². The van der Waals surface area contributed by atoms with Gasteiger partial charge in [-0.2, -0.15) is 0 Å². The van der Waals surface area contributed by atoms with Gasteiger partial charge >= 0.3 is 5.97 Å². The average molecular weight is 338 g/mol. The summed E-state index contributed by atoms with van der Waals surface area (Å²) in [6, 6.07) is -0.310. The number of aromatic amines is 1. The van der Waals surface area contributed by atoms with Crippen molar-refractivity contribution < 1.29 is 19.1 Å². The number of hydrogen-bond acceptors (Lipinski definition) is 6. The highest BCUT2D eigenvalue weighted by Gasteiger charge is 2.25. The Morgan fingerprint density at radius 3 is 2.88 bits per heavy atom.